The van der Waals surface area contributed by atoms with E-state index in [1.54, 1.807) is 17.5 Å². The van der Waals surface area contributed by atoms with Crippen molar-refractivity contribution in [2.24, 2.45) is 0 Å². The first-order valence-corrected chi connectivity index (χ1v) is 9.70. The van der Waals surface area contributed by atoms with Crippen molar-refractivity contribution < 1.29 is 4.79 Å². The van der Waals surface area contributed by atoms with Crippen LogP contribution >= 0.6 is 11.3 Å². The lowest BCUT2D eigenvalue weighted by molar-refractivity contribution is -0.133. The summed E-state index contributed by atoms with van der Waals surface area (Å²) in [6.45, 7) is 5.54. The molecule has 3 rings (SSSR count). The summed E-state index contributed by atoms with van der Waals surface area (Å²) in [5.41, 5.74) is 1.30. The van der Waals surface area contributed by atoms with E-state index in [9.17, 15) is 4.79 Å². The summed E-state index contributed by atoms with van der Waals surface area (Å²) >= 11 is 1.73. The van der Waals surface area contributed by atoms with E-state index in [0.717, 1.165) is 39.0 Å². The molecule has 1 aliphatic rings. The number of carbonyl (C=O) groups excluding carboxylic acids is 1. The van der Waals surface area contributed by atoms with Gasteiger partial charge < -0.3 is 9.80 Å². The Balaban J connectivity index is 1.43. The van der Waals surface area contributed by atoms with Crippen LogP contribution in [0.2, 0.25) is 0 Å². The molecule has 2 aromatic heterocycles. The van der Waals surface area contributed by atoms with Crippen LogP contribution in [0.5, 0.6) is 0 Å². The van der Waals surface area contributed by atoms with Crippen molar-refractivity contribution in [1.82, 2.24) is 19.8 Å². The predicted molar refractivity (Wildman–Crippen MR) is 100 cm³/mol. The highest BCUT2D eigenvalue weighted by molar-refractivity contribution is 7.09. The molecule has 0 spiro atoms. The van der Waals surface area contributed by atoms with E-state index in [1.807, 2.05) is 28.7 Å². The number of rotatable bonds is 6. The maximum atomic E-state index is 12.5. The van der Waals surface area contributed by atoms with Crippen LogP contribution in [0.4, 0.5) is 0 Å². The second-order valence-corrected chi connectivity index (χ2v) is 8.02. The number of nitrogens with zero attached hydrogens (tertiary/aromatic N) is 4. The molecule has 25 heavy (non-hydrogen) atoms. The van der Waals surface area contributed by atoms with Crippen LogP contribution in [0.15, 0.2) is 36.1 Å². The zero-order valence-corrected chi connectivity index (χ0v) is 15.8. The van der Waals surface area contributed by atoms with E-state index in [2.05, 4.69) is 34.9 Å². The van der Waals surface area contributed by atoms with Crippen LogP contribution < -0.4 is 0 Å². The Kier molecular flexibility index (Phi) is 5.81. The lowest BCUT2D eigenvalue weighted by atomic mass is 9.81. The number of hydrogen-bond acceptors (Lipinski definition) is 5. The maximum absolute atomic E-state index is 12.5. The largest absolute Gasteiger partial charge is 0.343 e. The van der Waals surface area contributed by atoms with Gasteiger partial charge in [-0.05, 0) is 31.5 Å². The van der Waals surface area contributed by atoms with Gasteiger partial charge >= 0.3 is 0 Å². The van der Waals surface area contributed by atoms with Crippen LogP contribution in [-0.4, -0.2) is 52.4 Å². The fourth-order valence-electron chi connectivity index (χ4n) is 3.31. The monoisotopic (exact) mass is 358 g/mol. The number of piperidine rings is 1. The molecule has 0 aliphatic carbocycles. The second-order valence-electron chi connectivity index (χ2n) is 7.13. The smallest absolute Gasteiger partial charge is 0.223 e. The third-order valence-electron chi connectivity index (χ3n) is 5.05. The number of hydrogen-bond donors (Lipinski definition) is 0. The number of likely N-dealkylation sites (tertiary alicyclic amines) is 1. The first kappa shape index (κ1) is 18.0. The van der Waals surface area contributed by atoms with Gasteiger partial charge in [0.1, 0.15) is 0 Å². The Morgan fingerprint density at radius 2 is 2.16 bits per heavy atom. The van der Waals surface area contributed by atoms with Crippen molar-refractivity contribution in [2.45, 2.75) is 38.1 Å². The standard InChI is InChI=1S/C19H26N4OS/c1-19(18-21-9-13-25-18)6-11-23(12-7-19)17(24)5-10-22(2)15-16-4-3-8-20-14-16/h3-4,8-9,13-14H,5-7,10-12,15H2,1-2H3. The summed E-state index contributed by atoms with van der Waals surface area (Å²) in [6, 6.07) is 4.01. The molecule has 6 heteroatoms. The summed E-state index contributed by atoms with van der Waals surface area (Å²) in [5, 5.41) is 3.24. The van der Waals surface area contributed by atoms with Gasteiger partial charge in [-0.2, -0.15) is 0 Å². The fraction of sp³-hybridized carbons (Fsp3) is 0.526. The van der Waals surface area contributed by atoms with Gasteiger partial charge in [0, 0.05) is 62.0 Å². The molecule has 0 unspecified atom stereocenters. The third kappa shape index (κ3) is 4.64. The van der Waals surface area contributed by atoms with Crippen LogP contribution in [-0.2, 0) is 16.8 Å². The molecule has 0 atom stereocenters. The van der Waals surface area contributed by atoms with Gasteiger partial charge in [0.05, 0.1) is 5.01 Å². The lowest BCUT2D eigenvalue weighted by Gasteiger charge is -2.38. The van der Waals surface area contributed by atoms with Gasteiger partial charge in [-0.15, -0.1) is 11.3 Å². The number of aromatic nitrogens is 2. The summed E-state index contributed by atoms with van der Waals surface area (Å²) in [4.78, 5) is 25.3. The Labute approximate surface area is 153 Å². The Hall–Kier alpha value is -1.79. The quantitative estimate of drug-likeness (QED) is 0.797. The molecule has 1 saturated heterocycles. The SMILES string of the molecule is CN(CCC(=O)N1CCC(C)(c2nccs2)CC1)Cc1cccnc1. The van der Waals surface area contributed by atoms with E-state index in [-0.39, 0.29) is 11.3 Å². The minimum atomic E-state index is 0.127. The van der Waals surface area contributed by atoms with E-state index in [0.29, 0.717) is 6.42 Å². The summed E-state index contributed by atoms with van der Waals surface area (Å²) in [5.74, 6) is 0.263. The summed E-state index contributed by atoms with van der Waals surface area (Å²) < 4.78 is 0. The minimum Gasteiger partial charge on any atom is -0.343 e. The molecule has 0 radical (unpaired) electrons. The van der Waals surface area contributed by atoms with Crippen LogP contribution in [0.25, 0.3) is 0 Å². The average molecular weight is 359 g/mol. The molecule has 2 aromatic rings. The minimum absolute atomic E-state index is 0.127. The highest BCUT2D eigenvalue weighted by Crippen LogP contribution is 2.36. The fourth-order valence-corrected chi connectivity index (χ4v) is 4.17. The van der Waals surface area contributed by atoms with Gasteiger partial charge in [-0.3, -0.25) is 9.78 Å². The van der Waals surface area contributed by atoms with Crippen LogP contribution in [0.1, 0.15) is 36.8 Å². The van der Waals surface area contributed by atoms with Gasteiger partial charge in [0.25, 0.3) is 0 Å². The molecular weight excluding hydrogens is 332 g/mol. The van der Waals surface area contributed by atoms with Crippen molar-refractivity contribution in [1.29, 1.82) is 0 Å². The van der Waals surface area contributed by atoms with Gasteiger partial charge in [-0.25, -0.2) is 4.98 Å². The first-order valence-electron chi connectivity index (χ1n) is 8.82. The van der Waals surface area contributed by atoms with Gasteiger partial charge in [0.15, 0.2) is 0 Å². The van der Waals surface area contributed by atoms with E-state index in [4.69, 9.17) is 0 Å². The topological polar surface area (TPSA) is 49.3 Å². The second kappa shape index (κ2) is 8.06. The molecule has 0 N–H and O–H groups in total. The first-order chi connectivity index (χ1) is 12.1. The molecular formula is C19H26N4OS. The number of thiazole rings is 1. The Bertz CT molecular complexity index is 666. The van der Waals surface area contributed by atoms with E-state index < -0.39 is 0 Å². The highest BCUT2D eigenvalue weighted by atomic mass is 32.1. The molecule has 0 bridgehead atoms. The molecule has 3 heterocycles. The highest BCUT2D eigenvalue weighted by Gasteiger charge is 2.35. The number of amides is 1. The van der Waals surface area contributed by atoms with E-state index in [1.165, 1.54) is 10.6 Å². The molecule has 0 saturated carbocycles. The predicted octanol–water partition coefficient (Wildman–Crippen LogP) is 2.94. The Morgan fingerprint density at radius 3 is 2.80 bits per heavy atom. The van der Waals surface area contributed by atoms with E-state index >= 15 is 0 Å². The van der Waals surface area contributed by atoms with Crippen LogP contribution in [0.3, 0.4) is 0 Å². The average Bonchev–Trinajstić information content (AvgIpc) is 3.17. The third-order valence-corrected chi connectivity index (χ3v) is 6.13. The maximum Gasteiger partial charge on any atom is 0.223 e. The molecule has 1 aliphatic heterocycles. The number of carbonyl (C=O) groups is 1. The van der Waals surface area contributed by atoms with Crippen molar-refractivity contribution in [3.8, 4) is 0 Å². The molecule has 1 amide bonds. The van der Waals surface area contributed by atoms with Crippen LogP contribution in [0, 0.1) is 0 Å². The molecule has 134 valence electrons. The van der Waals surface area contributed by atoms with Crippen molar-refractivity contribution in [2.75, 3.05) is 26.7 Å². The molecule has 0 aromatic carbocycles. The van der Waals surface area contributed by atoms with Gasteiger partial charge in [-0.1, -0.05) is 13.0 Å². The molecule has 1 fully saturated rings. The summed E-state index contributed by atoms with van der Waals surface area (Å²) in [7, 11) is 2.05. The molecule has 5 nitrogen and oxygen atoms in total. The summed E-state index contributed by atoms with van der Waals surface area (Å²) in [6.07, 6.45) is 8.10. The Morgan fingerprint density at radius 1 is 1.36 bits per heavy atom. The zero-order valence-electron chi connectivity index (χ0n) is 15.0. The van der Waals surface area contributed by atoms with Crippen molar-refractivity contribution in [3.05, 3.63) is 46.7 Å². The van der Waals surface area contributed by atoms with Gasteiger partial charge in [0.2, 0.25) is 5.91 Å². The normalized spacial score (nSPS) is 17.0. The van der Waals surface area contributed by atoms with Crippen molar-refractivity contribution in [3.63, 3.8) is 0 Å². The zero-order chi connectivity index (χ0) is 17.7. The van der Waals surface area contributed by atoms with Crippen molar-refractivity contribution >= 4 is 17.2 Å². The number of pyridine rings is 1. The lowest BCUT2D eigenvalue weighted by Crippen LogP contribution is -2.44.